The molecule has 0 fully saturated rings. The van der Waals surface area contributed by atoms with E-state index in [4.69, 9.17) is 0 Å². The number of para-hydroxylation sites is 1. The number of ether oxygens (including phenoxy) is 2. The number of hydrogen-bond acceptors (Lipinski definition) is 3. The molecule has 0 aliphatic carbocycles. The van der Waals surface area contributed by atoms with Crippen molar-refractivity contribution in [2.75, 3.05) is 6.61 Å². The monoisotopic (exact) mass is 202 g/mol. The van der Waals surface area contributed by atoms with Crippen molar-refractivity contribution in [3.05, 3.63) is 30.3 Å². The second-order valence-electron chi connectivity index (χ2n) is 2.37. The van der Waals surface area contributed by atoms with E-state index in [1.807, 2.05) is 0 Å². The van der Waals surface area contributed by atoms with Gasteiger partial charge < -0.3 is 9.47 Å². The molecule has 0 unspecified atom stereocenters. The number of carbonyl (C=O) groups excluding carboxylic acids is 1. The van der Waals surface area contributed by atoms with Gasteiger partial charge in [0.1, 0.15) is 5.75 Å². The van der Waals surface area contributed by atoms with E-state index in [-0.39, 0.29) is 5.75 Å². The third-order valence-electron chi connectivity index (χ3n) is 1.27. The summed E-state index contributed by atoms with van der Waals surface area (Å²) in [7, 11) is 0. The minimum atomic E-state index is -2.68. The summed E-state index contributed by atoms with van der Waals surface area (Å²) in [4.78, 5) is 10.7. The molecule has 0 spiro atoms. The molecule has 3 nitrogen and oxygen atoms in total. The van der Waals surface area contributed by atoms with Crippen LogP contribution >= 0.6 is 0 Å². The van der Waals surface area contributed by atoms with Crippen LogP contribution in [0.3, 0.4) is 0 Å². The molecule has 0 bridgehead atoms. The molecule has 0 aromatic heterocycles. The lowest BCUT2D eigenvalue weighted by Crippen LogP contribution is -2.15. The van der Waals surface area contributed by atoms with Crippen LogP contribution in [-0.4, -0.2) is 19.2 Å². The minimum Gasteiger partial charge on any atom is -0.428 e. The Morgan fingerprint density at radius 3 is 2.50 bits per heavy atom. The summed E-state index contributed by atoms with van der Waals surface area (Å²) >= 11 is 0. The lowest BCUT2D eigenvalue weighted by molar-refractivity contribution is 0.0288. The van der Waals surface area contributed by atoms with Crippen molar-refractivity contribution < 1.29 is 23.0 Å². The predicted octanol–water partition coefficient (Wildman–Crippen LogP) is 2.47. The number of rotatable bonds is 3. The third-order valence-corrected chi connectivity index (χ3v) is 1.27. The standard InChI is InChI=1S/C9H8F2O3/c10-8(11)6-13-9(12)14-7-4-2-1-3-5-7/h1-5,8H,6H2. The Kier molecular flexibility index (Phi) is 3.84. The molecule has 14 heavy (non-hydrogen) atoms. The van der Waals surface area contributed by atoms with E-state index in [2.05, 4.69) is 9.47 Å². The van der Waals surface area contributed by atoms with Gasteiger partial charge in [-0.3, -0.25) is 0 Å². The van der Waals surface area contributed by atoms with Gasteiger partial charge in [0.2, 0.25) is 0 Å². The Bertz CT molecular complexity index is 287. The second kappa shape index (κ2) is 5.16. The molecular weight excluding hydrogens is 194 g/mol. The van der Waals surface area contributed by atoms with Crippen LogP contribution in [0.1, 0.15) is 0 Å². The summed E-state index contributed by atoms with van der Waals surface area (Å²) in [6.45, 7) is -0.953. The van der Waals surface area contributed by atoms with Gasteiger partial charge in [-0.2, -0.15) is 0 Å². The molecule has 0 saturated heterocycles. The smallest absolute Gasteiger partial charge is 0.428 e. The predicted molar refractivity (Wildman–Crippen MR) is 44.4 cm³/mol. The molecule has 0 heterocycles. The highest BCUT2D eigenvalue weighted by molar-refractivity contribution is 5.63. The average molecular weight is 202 g/mol. The van der Waals surface area contributed by atoms with Crippen LogP contribution in [0.5, 0.6) is 5.75 Å². The molecule has 0 N–H and O–H groups in total. The molecule has 5 heteroatoms. The molecule has 1 rings (SSSR count). The van der Waals surface area contributed by atoms with Gasteiger partial charge >= 0.3 is 6.16 Å². The van der Waals surface area contributed by atoms with Crippen LogP contribution in [0.15, 0.2) is 30.3 Å². The molecule has 1 aromatic carbocycles. The van der Waals surface area contributed by atoms with Gasteiger partial charge in [-0.05, 0) is 12.1 Å². The quantitative estimate of drug-likeness (QED) is 0.557. The van der Waals surface area contributed by atoms with Gasteiger partial charge in [0.05, 0.1) is 0 Å². The molecule has 0 atom stereocenters. The summed E-state index contributed by atoms with van der Waals surface area (Å²) in [5.41, 5.74) is 0. The fourth-order valence-electron chi connectivity index (χ4n) is 0.745. The Labute approximate surface area is 79.2 Å². The highest BCUT2D eigenvalue weighted by Gasteiger charge is 2.09. The SMILES string of the molecule is O=C(OCC(F)F)Oc1ccccc1. The van der Waals surface area contributed by atoms with Crippen molar-refractivity contribution in [1.82, 2.24) is 0 Å². The fourth-order valence-corrected chi connectivity index (χ4v) is 0.745. The van der Waals surface area contributed by atoms with E-state index >= 15 is 0 Å². The zero-order valence-corrected chi connectivity index (χ0v) is 7.15. The Morgan fingerprint density at radius 2 is 1.93 bits per heavy atom. The van der Waals surface area contributed by atoms with E-state index in [1.54, 1.807) is 18.2 Å². The van der Waals surface area contributed by atoms with Crippen molar-refractivity contribution >= 4 is 6.16 Å². The molecule has 0 saturated carbocycles. The van der Waals surface area contributed by atoms with E-state index in [9.17, 15) is 13.6 Å². The summed E-state index contributed by atoms with van der Waals surface area (Å²) < 4.78 is 31.9. The van der Waals surface area contributed by atoms with Gasteiger partial charge in [0, 0.05) is 0 Å². The molecule has 0 radical (unpaired) electrons. The van der Waals surface area contributed by atoms with Crippen LogP contribution in [0.2, 0.25) is 0 Å². The maximum Gasteiger partial charge on any atom is 0.514 e. The van der Waals surface area contributed by atoms with Gasteiger partial charge in [-0.25, -0.2) is 13.6 Å². The largest absolute Gasteiger partial charge is 0.514 e. The number of alkyl halides is 2. The lowest BCUT2D eigenvalue weighted by Gasteiger charge is -2.04. The normalized spacial score (nSPS) is 9.93. The lowest BCUT2D eigenvalue weighted by atomic mass is 10.3. The first-order chi connectivity index (χ1) is 6.68. The van der Waals surface area contributed by atoms with Crippen molar-refractivity contribution in [3.8, 4) is 5.75 Å². The molecule has 1 aromatic rings. The molecule has 0 amide bonds. The first kappa shape index (κ1) is 10.4. The van der Waals surface area contributed by atoms with Gasteiger partial charge in [-0.1, -0.05) is 18.2 Å². The first-order valence-electron chi connectivity index (χ1n) is 3.86. The van der Waals surface area contributed by atoms with Crippen molar-refractivity contribution in [3.63, 3.8) is 0 Å². The van der Waals surface area contributed by atoms with Crippen molar-refractivity contribution in [1.29, 1.82) is 0 Å². The minimum absolute atomic E-state index is 0.256. The Morgan fingerprint density at radius 1 is 1.29 bits per heavy atom. The summed E-state index contributed by atoms with van der Waals surface area (Å²) in [6.07, 6.45) is -3.81. The summed E-state index contributed by atoms with van der Waals surface area (Å²) in [6, 6.07) is 8.07. The average Bonchev–Trinajstić information content (AvgIpc) is 2.16. The summed E-state index contributed by atoms with van der Waals surface area (Å²) in [5.74, 6) is 0.256. The Balaban J connectivity index is 2.35. The first-order valence-corrected chi connectivity index (χ1v) is 3.86. The van der Waals surface area contributed by atoms with Gasteiger partial charge in [0.25, 0.3) is 6.43 Å². The van der Waals surface area contributed by atoms with Crippen LogP contribution < -0.4 is 4.74 Å². The van der Waals surface area contributed by atoms with Crippen molar-refractivity contribution in [2.45, 2.75) is 6.43 Å². The number of benzene rings is 1. The number of carbonyl (C=O) groups is 1. The van der Waals surface area contributed by atoms with Gasteiger partial charge in [-0.15, -0.1) is 0 Å². The van der Waals surface area contributed by atoms with E-state index in [0.29, 0.717) is 0 Å². The van der Waals surface area contributed by atoms with Crippen LogP contribution in [0.4, 0.5) is 13.6 Å². The number of hydrogen-bond donors (Lipinski definition) is 0. The van der Waals surface area contributed by atoms with E-state index in [0.717, 1.165) is 0 Å². The highest BCUT2D eigenvalue weighted by atomic mass is 19.3. The molecule has 76 valence electrons. The summed E-state index contributed by atoms with van der Waals surface area (Å²) in [5, 5.41) is 0. The van der Waals surface area contributed by atoms with E-state index < -0.39 is 19.2 Å². The maximum absolute atomic E-state index is 11.6. The molecule has 0 aliphatic rings. The van der Waals surface area contributed by atoms with Crippen LogP contribution in [-0.2, 0) is 4.74 Å². The molecule has 0 aliphatic heterocycles. The van der Waals surface area contributed by atoms with Crippen molar-refractivity contribution in [2.24, 2.45) is 0 Å². The highest BCUT2D eigenvalue weighted by Crippen LogP contribution is 2.09. The number of halogens is 2. The fraction of sp³-hybridized carbons (Fsp3) is 0.222. The third kappa shape index (κ3) is 3.84. The topological polar surface area (TPSA) is 35.5 Å². The zero-order valence-electron chi connectivity index (χ0n) is 7.15. The van der Waals surface area contributed by atoms with E-state index in [1.165, 1.54) is 12.1 Å². The maximum atomic E-state index is 11.6. The second-order valence-corrected chi connectivity index (χ2v) is 2.37. The van der Waals surface area contributed by atoms with Gasteiger partial charge in [0.15, 0.2) is 6.61 Å². The Hall–Kier alpha value is -1.65. The zero-order chi connectivity index (χ0) is 10.4. The molecular formula is C9H8F2O3. The van der Waals surface area contributed by atoms with Crippen LogP contribution in [0.25, 0.3) is 0 Å². The van der Waals surface area contributed by atoms with Crippen LogP contribution in [0, 0.1) is 0 Å².